The van der Waals surface area contributed by atoms with E-state index in [0.29, 0.717) is 5.67 Å². The quantitative estimate of drug-likeness (QED) is 0.508. The summed E-state index contributed by atoms with van der Waals surface area (Å²) in [6.45, 7) is 11.5. The molecular formula is C9H24N2OSi. The summed E-state index contributed by atoms with van der Waals surface area (Å²) in [5, 5.41) is 3.37. The molecule has 0 spiro atoms. The van der Waals surface area contributed by atoms with Crippen LogP contribution in [0, 0.1) is 0 Å². The van der Waals surface area contributed by atoms with Crippen LogP contribution in [-0.4, -0.2) is 26.8 Å². The maximum atomic E-state index is 5.80. The van der Waals surface area contributed by atoms with Crippen molar-refractivity contribution in [3.05, 3.63) is 0 Å². The van der Waals surface area contributed by atoms with Crippen molar-refractivity contribution in [2.75, 3.05) is 6.61 Å². The van der Waals surface area contributed by atoms with Crippen LogP contribution in [0.5, 0.6) is 0 Å². The monoisotopic (exact) mass is 204 g/mol. The Morgan fingerprint density at radius 2 is 1.92 bits per heavy atom. The zero-order chi connectivity index (χ0) is 10.5. The fourth-order valence-corrected chi connectivity index (χ4v) is 4.19. The summed E-state index contributed by atoms with van der Waals surface area (Å²) in [4.78, 5) is 0. The predicted molar refractivity (Wildman–Crippen MR) is 60.0 cm³/mol. The Bertz CT molecular complexity index is 140. The van der Waals surface area contributed by atoms with Crippen LogP contribution in [0.1, 0.15) is 27.2 Å². The molecule has 0 aromatic heterocycles. The first-order chi connectivity index (χ1) is 5.94. The van der Waals surface area contributed by atoms with Gasteiger partial charge in [-0.1, -0.05) is 6.92 Å². The maximum Gasteiger partial charge on any atom is 0.203 e. The topological polar surface area (TPSA) is 47.3 Å². The van der Waals surface area contributed by atoms with E-state index in [2.05, 4.69) is 25.3 Å². The van der Waals surface area contributed by atoms with Gasteiger partial charge in [-0.3, -0.25) is 5.32 Å². The predicted octanol–water partition coefficient (Wildman–Crippen LogP) is 1.44. The lowest BCUT2D eigenvalue weighted by Gasteiger charge is -2.33. The summed E-state index contributed by atoms with van der Waals surface area (Å²) in [6, 6.07) is 0. The summed E-state index contributed by atoms with van der Waals surface area (Å²) in [7, 11) is -1.59. The van der Waals surface area contributed by atoms with Crippen molar-refractivity contribution in [2.24, 2.45) is 5.73 Å². The summed E-state index contributed by atoms with van der Waals surface area (Å²) < 4.78 is 5.80. The van der Waals surface area contributed by atoms with Crippen LogP contribution < -0.4 is 11.1 Å². The van der Waals surface area contributed by atoms with Gasteiger partial charge >= 0.3 is 0 Å². The van der Waals surface area contributed by atoms with Crippen LogP contribution >= 0.6 is 0 Å². The van der Waals surface area contributed by atoms with Gasteiger partial charge in [0, 0.05) is 12.3 Å². The summed E-state index contributed by atoms with van der Waals surface area (Å²) >= 11 is 0. The second-order valence-electron chi connectivity index (χ2n) is 3.95. The van der Waals surface area contributed by atoms with Crippen LogP contribution in [0.15, 0.2) is 0 Å². The molecule has 2 atom stereocenters. The molecule has 0 aromatic carbocycles. The molecule has 0 saturated carbocycles. The third-order valence-corrected chi connectivity index (χ3v) is 5.51. The normalized spacial score (nSPS) is 17.1. The van der Waals surface area contributed by atoms with Crippen molar-refractivity contribution >= 4 is 8.32 Å². The Morgan fingerprint density at radius 3 is 2.23 bits per heavy atom. The highest BCUT2D eigenvalue weighted by atomic mass is 28.4. The standard InChI is InChI=1S/C9H24N2OSi/c1-6-9(11-8(3)10)13(4,5)12-7-2/h8-9,11H,6-7,10H2,1-5H3. The molecule has 4 heteroatoms. The molecule has 0 fully saturated rings. The minimum atomic E-state index is -1.59. The van der Waals surface area contributed by atoms with E-state index in [1.54, 1.807) is 0 Å². The van der Waals surface area contributed by atoms with Crippen LogP contribution in [0.4, 0.5) is 0 Å². The number of nitrogens with two attached hydrogens (primary N) is 1. The van der Waals surface area contributed by atoms with Crippen molar-refractivity contribution in [1.82, 2.24) is 5.32 Å². The molecule has 0 radical (unpaired) electrons. The van der Waals surface area contributed by atoms with Crippen molar-refractivity contribution in [1.29, 1.82) is 0 Å². The second kappa shape index (κ2) is 5.75. The average Bonchev–Trinajstić information content (AvgIpc) is 1.99. The lowest BCUT2D eigenvalue weighted by atomic mass is 10.4. The minimum Gasteiger partial charge on any atom is -0.416 e. The van der Waals surface area contributed by atoms with Crippen LogP contribution in [0.25, 0.3) is 0 Å². The molecule has 3 N–H and O–H groups in total. The van der Waals surface area contributed by atoms with E-state index in [4.69, 9.17) is 10.2 Å². The van der Waals surface area contributed by atoms with E-state index in [1.165, 1.54) is 0 Å². The average molecular weight is 204 g/mol. The molecule has 13 heavy (non-hydrogen) atoms. The fraction of sp³-hybridized carbons (Fsp3) is 1.00. The van der Waals surface area contributed by atoms with E-state index in [0.717, 1.165) is 13.0 Å². The van der Waals surface area contributed by atoms with E-state index >= 15 is 0 Å². The Labute approximate surface area is 83.2 Å². The van der Waals surface area contributed by atoms with Gasteiger partial charge in [-0.05, 0) is 33.4 Å². The third-order valence-electron chi connectivity index (χ3n) is 2.23. The van der Waals surface area contributed by atoms with Gasteiger partial charge in [-0.2, -0.15) is 0 Å². The molecule has 0 aliphatic rings. The molecule has 0 amide bonds. The van der Waals surface area contributed by atoms with Gasteiger partial charge in [0.05, 0.1) is 6.17 Å². The van der Waals surface area contributed by atoms with E-state index in [-0.39, 0.29) is 6.17 Å². The van der Waals surface area contributed by atoms with Gasteiger partial charge in [-0.15, -0.1) is 0 Å². The lowest BCUT2D eigenvalue weighted by Crippen LogP contribution is -2.56. The molecular weight excluding hydrogens is 180 g/mol. The summed E-state index contributed by atoms with van der Waals surface area (Å²) in [5.74, 6) is 0. The summed E-state index contributed by atoms with van der Waals surface area (Å²) in [5.41, 5.74) is 6.17. The first kappa shape index (κ1) is 13.1. The molecule has 0 bridgehead atoms. The van der Waals surface area contributed by atoms with Crippen molar-refractivity contribution in [3.63, 3.8) is 0 Å². The van der Waals surface area contributed by atoms with Gasteiger partial charge in [0.1, 0.15) is 0 Å². The van der Waals surface area contributed by atoms with Crippen LogP contribution in [-0.2, 0) is 4.43 Å². The molecule has 0 aromatic rings. The molecule has 0 heterocycles. The smallest absolute Gasteiger partial charge is 0.203 e. The number of nitrogens with one attached hydrogen (secondary N) is 1. The zero-order valence-electron chi connectivity index (χ0n) is 9.55. The highest BCUT2D eigenvalue weighted by Crippen LogP contribution is 2.13. The Hall–Kier alpha value is 0.0969. The SMILES string of the molecule is CCO[Si](C)(C)C(CC)NC(C)N. The Kier molecular flexibility index (Phi) is 5.79. The first-order valence-corrected chi connectivity index (χ1v) is 8.08. The highest BCUT2D eigenvalue weighted by molar-refractivity contribution is 6.72. The number of rotatable bonds is 6. The van der Waals surface area contributed by atoms with E-state index < -0.39 is 8.32 Å². The third kappa shape index (κ3) is 4.76. The molecule has 0 saturated heterocycles. The van der Waals surface area contributed by atoms with Crippen LogP contribution in [0.3, 0.4) is 0 Å². The molecule has 80 valence electrons. The largest absolute Gasteiger partial charge is 0.416 e. The van der Waals surface area contributed by atoms with Crippen molar-refractivity contribution in [2.45, 2.75) is 52.1 Å². The minimum absolute atomic E-state index is 0.0529. The molecule has 0 aliphatic heterocycles. The van der Waals surface area contributed by atoms with Gasteiger partial charge in [0.15, 0.2) is 0 Å². The molecule has 0 aliphatic carbocycles. The number of hydrogen-bond donors (Lipinski definition) is 2. The van der Waals surface area contributed by atoms with Gasteiger partial charge in [0.2, 0.25) is 8.32 Å². The van der Waals surface area contributed by atoms with Crippen LogP contribution in [0.2, 0.25) is 13.1 Å². The Balaban J connectivity index is 4.19. The fourth-order valence-electron chi connectivity index (χ4n) is 1.60. The Morgan fingerprint density at radius 1 is 1.38 bits per heavy atom. The summed E-state index contributed by atoms with van der Waals surface area (Å²) in [6.07, 6.45) is 1.14. The van der Waals surface area contributed by atoms with Crippen molar-refractivity contribution in [3.8, 4) is 0 Å². The van der Waals surface area contributed by atoms with Gasteiger partial charge in [0.25, 0.3) is 0 Å². The zero-order valence-corrected chi connectivity index (χ0v) is 10.6. The first-order valence-electron chi connectivity index (χ1n) is 5.09. The molecule has 3 nitrogen and oxygen atoms in total. The lowest BCUT2D eigenvalue weighted by molar-refractivity contribution is 0.307. The van der Waals surface area contributed by atoms with E-state index in [9.17, 15) is 0 Å². The molecule has 0 rings (SSSR count). The maximum absolute atomic E-state index is 5.80. The number of hydrogen-bond acceptors (Lipinski definition) is 3. The second-order valence-corrected chi connectivity index (χ2v) is 8.15. The van der Waals surface area contributed by atoms with Gasteiger partial charge < -0.3 is 10.2 Å². The highest BCUT2D eigenvalue weighted by Gasteiger charge is 2.32. The van der Waals surface area contributed by atoms with Crippen molar-refractivity contribution < 1.29 is 4.43 Å². The van der Waals surface area contributed by atoms with E-state index in [1.807, 2.05) is 13.8 Å². The van der Waals surface area contributed by atoms with Gasteiger partial charge in [-0.25, -0.2) is 0 Å². The molecule has 2 unspecified atom stereocenters.